The zero-order valence-electron chi connectivity index (χ0n) is 15.6. The molecule has 0 unspecified atom stereocenters. The number of benzene rings is 2. The van der Waals surface area contributed by atoms with E-state index in [9.17, 15) is 8.42 Å². The second-order valence-electron chi connectivity index (χ2n) is 7.09. The number of likely N-dealkylation sites (N-methyl/N-ethyl adjacent to an activating group) is 2. The van der Waals surface area contributed by atoms with Gasteiger partial charge in [0.25, 0.3) is 0 Å². The lowest BCUT2D eigenvalue weighted by molar-refractivity contribution is 0.158. The molecule has 0 fully saturated rings. The van der Waals surface area contributed by atoms with Gasteiger partial charge < -0.3 is 4.90 Å². The van der Waals surface area contributed by atoms with Gasteiger partial charge in [-0.15, -0.1) is 0 Å². The van der Waals surface area contributed by atoms with Gasteiger partial charge in [0.15, 0.2) is 0 Å². The Balaban J connectivity index is 1.61. The van der Waals surface area contributed by atoms with Gasteiger partial charge in [-0.3, -0.25) is 4.90 Å². The van der Waals surface area contributed by atoms with Crippen LogP contribution in [0.4, 0.5) is 0 Å². The SMILES string of the molecule is CNS(=O)(=O)c1ccc(CN(C)C[C@@H]2Cc3ccccc3CN2C)cc1. The molecule has 0 saturated carbocycles. The van der Waals surface area contributed by atoms with E-state index >= 15 is 0 Å². The molecule has 2 aromatic rings. The zero-order valence-corrected chi connectivity index (χ0v) is 16.5. The monoisotopic (exact) mass is 373 g/mol. The minimum absolute atomic E-state index is 0.301. The fourth-order valence-corrected chi connectivity index (χ4v) is 4.28. The Morgan fingerprint density at radius 2 is 1.77 bits per heavy atom. The average Bonchev–Trinajstić information content (AvgIpc) is 2.63. The van der Waals surface area contributed by atoms with Crippen LogP contribution in [0, 0.1) is 0 Å². The first-order chi connectivity index (χ1) is 12.4. The van der Waals surface area contributed by atoms with Crippen LogP contribution in [0.1, 0.15) is 16.7 Å². The molecule has 0 aliphatic carbocycles. The van der Waals surface area contributed by atoms with E-state index in [-0.39, 0.29) is 0 Å². The molecule has 1 aliphatic heterocycles. The summed E-state index contributed by atoms with van der Waals surface area (Å²) < 4.78 is 26.0. The van der Waals surface area contributed by atoms with Gasteiger partial charge in [0, 0.05) is 25.7 Å². The summed E-state index contributed by atoms with van der Waals surface area (Å²) in [6.07, 6.45) is 1.07. The van der Waals surface area contributed by atoms with E-state index in [0.717, 1.165) is 31.6 Å². The van der Waals surface area contributed by atoms with Gasteiger partial charge in [-0.05, 0) is 56.4 Å². The third-order valence-electron chi connectivity index (χ3n) is 5.09. The Labute approximate surface area is 156 Å². The molecule has 0 radical (unpaired) electrons. The molecule has 2 aromatic carbocycles. The van der Waals surface area contributed by atoms with Crippen molar-refractivity contribution in [1.29, 1.82) is 0 Å². The van der Waals surface area contributed by atoms with Crippen molar-refractivity contribution in [3.05, 3.63) is 65.2 Å². The maximum atomic E-state index is 11.8. The van der Waals surface area contributed by atoms with Crippen molar-refractivity contribution in [3.63, 3.8) is 0 Å². The number of rotatable bonds is 6. The van der Waals surface area contributed by atoms with Crippen molar-refractivity contribution >= 4 is 10.0 Å². The Morgan fingerprint density at radius 3 is 2.42 bits per heavy atom. The van der Waals surface area contributed by atoms with Crippen LogP contribution in [0.2, 0.25) is 0 Å². The summed E-state index contributed by atoms with van der Waals surface area (Å²) in [5.41, 5.74) is 3.99. The summed E-state index contributed by atoms with van der Waals surface area (Å²) in [5.74, 6) is 0. The molecule has 3 rings (SSSR count). The van der Waals surface area contributed by atoms with Crippen LogP contribution >= 0.6 is 0 Å². The molecule has 26 heavy (non-hydrogen) atoms. The van der Waals surface area contributed by atoms with E-state index in [2.05, 4.69) is 52.9 Å². The van der Waals surface area contributed by atoms with Crippen LogP contribution in [0.15, 0.2) is 53.4 Å². The summed E-state index contributed by atoms with van der Waals surface area (Å²) >= 11 is 0. The summed E-state index contributed by atoms with van der Waals surface area (Å²) in [4.78, 5) is 5.02. The zero-order chi connectivity index (χ0) is 18.7. The third-order valence-corrected chi connectivity index (χ3v) is 6.52. The second kappa shape index (κ2) is 7.88. The van der Waals surface area contributed by atoms with Gasteiger partial charge in [-0.1, -0.05) is 36.4 Å². The maximum absolute atomic E-state index is 11.8. The maximum Gasteiger partial charge on any atom is 0.240 e. The molecule has 1 aliphatic rings. The Morgan fingerprint density at radius 1 is 1.12 bits per heavy atom. The lowest BCUT2D eigenvalue weighted by atomic mass is 9.94. The fraction of sp³-hybridized carbons (Fsp3) is 0.400. The van der Waals surface area contributed by atoms with Gasteiger partial charge in [-0.25, -0.2) is 13.1 Å². The molecule has 1 heterocycles. The van der Waals surface area contributed by atoms with Crippen LogP contribution in [-0.2, 0) is 29.5 Å². The lowest BCUT2D eigenvalue weighted by Gasteiger charge is -2.36. The Kier molecular flexibility index (Phi) is 5.77. The van der Waals surface area contributed by atoms with E-state index in [1.165, 1.54) is 18.2 Å². The normalized spacial score (nSPS) is 18.1. The van der Waals surface area contributed by atoms with Gasteiger partial charge in [0.1, 0.15) is 0 Å². The highest BCUT2D eigenvalue weighted by Crippen LogP contribution is 2.22. The Hall–Kier alpha value is -1.73. The molecule has 0 amide bonds. The molecule has 0 aromatic heterocycles. The predicted octanol–water partition coefficient (Wildman–Crippen LogP) is 2.08. The molecule has 6 heteroatoms. The first-order valence-electron chi connectivity index (χ1n) is 8.87. The highest BCUT2D eigenvalue weighted by Gasteiger charge is 2.24. The van der Waals surface area contributed by atoms with Crippen LogP contribution in [0.25, 0.3) is 0 Å². The van der Waals surface area contributed by atoms with Crippen LogP contribution in [-0.4, -0.2) is 51.9 Å². The van der Waals surface area contributed by atoms with Crippen molar-refractivity contribution in [1.82, 2.24) is 14.5 Å². The first kappa shape index (κ1) is 19.0. The van der Waals surface area contributed by atoms with Gasteiger partial charge in [0.05, 0.1) is 4.90 Å². The third kappa shape index (κ3) is 4.32. The molecular formula is C20H27N3O2S. The molecule has 0 bridgehead atoms. The van der Waals surface area contributed by atoms with Crippen molar-refractivity contribution in [2.24, 2.45) is 0 Å². The van der Waals surface area contributed by atoms with E-state index in [4.69, 9.17) is 0 Å². The standard InChI is InChI=1S/C20H27N3O2S/c1-21-26(24,25)20-10-8-16(9-11-20)13-22(2)15-19-12-17-6-4-5-7-18(17)14-23(19)3/h4-11,19,21H,12-15H2,1-3H3/t19-/m0/s1. The van der Waals surface area contributed by atoms with E-state index in [1.54, 1.807) is 12.1 Å². The number of hydrogen-bond donors (Lipinski definition) is 1. The van der Waals surface area contributed by atoms with Crippen LogP contribution < -0.4 is 4.72 Å². The van der Waals surface area contributed by atoms with Gasteiger partial charge >= 0.3 is 0 Å². The summed E-state index contributed by atoms with van der Waals surface area (Å²) in [5, 5.41) is 0. The van der Waals surface area contributed by atoms with Crippen molar-refractivity contribution < 1.29 is 8.42 Å². The summed E-state index contributed by atoms with van der Waals surface area (Å²) in [6, 6.07) is 16.3. The lowest BCUT2D eigenvalue weighted by Crippen LogP contribution is -2.44. The highest BCUT2D eigenvalue weighted by atomic mass is 32.2. The summed E-state index contributed by atoms with van der Waals surface area (Å²) in [6.45, 7) is 2.76. The number of sulfonamides is 1. The van der Waals surface area contributed by atoms with Gasteiger partial charge in [-0.2, -0.15) is 0 Å². The van der Waals surface area contributed by atoms with E-state index < -0.39 is 10.0 Å². The van der Waals surface area contributed by atoms with Crippen molar-refractivity contribution in [2.45, 2.75) is 30.4 Å². The highest BCUT2D eigenvalue weighted by molar-refractivity contribution is 7.89. The molecule has 1 N–H and O–H groups in total. The number of nitrogens with one attached hydrogen (secondary N) is 1. The smallest absolute Gasteiger partial charge is 0.240 e. The van der Waals surface area contributed by atoms with Crippen molar-refractivity contribution in [2.75, 3.05) is 27.7 Å². The second-order valence-corrected chi connectivity index (χ2v) is 8.98. The molecule has 0 saturated heterocycles. The van der Waals surface area contributed by atoms with E-state index in [0.29, 0.717) is 10.9 Å². The topological polar surface area (TPSA) is 52.7 Å². The predicted molar refractivity (Wildman–Crippen MR) is 104 cm³/mol. The number of fused-ring (bicyclic) bond motifs is 1. The molecule has 0 spiro atoms. The molecule has 140 valence electrons. The number of hydrogen-bond acceptors (Lipinski definition) is 4. The van der Waals surface area contributed by atoms with Crippen LogP contribution in [0.5, 0.6) is 0 Å². The first-order valence-corrected chi connectivity index (χ1v) is 10.4. The fourth-order valence-electron chi connectivity index (χ4n) is 3.55. The summed E-state index contributed by atoms with van der Waals surface area (Å²) in [7, 11) is 2.36. The van der Waals surface area contributed by atoms with Crippen LogP contribution in [0.3, 0.4) is 0 Å². The number of nitrogens with zero attached hydrogens (tertiary/aromatic N) is 2. The molecule has 1 atom stereocenters. The van der Waals surface area contributed by atoms with Gasteiger partial charge in [0.2, 0.25) is 10.0 Å². The van der Waals surface area contributed by atoms with E-state index in [1.807, 2.05) is 12.1 Å². The Bertz CT molecular complexity index is 850. The minimum atomic E-state index is -3.37. The largest absolute Gasteiger partial charge is 0.301 e. The quantitative estimate of drug-likeness (QED) is 0.842. The molecular weight excluding hydrogens is 346 g/mol. The average molecular weight is 374 g/mol. The van der Waals surface area contributed by atoms with Crippen molar-refractivity contribution in [3.8, 4) is 0 Å². The minimum Gasteiger partial charge on any atom is -0.301 e. The molecule has 5 nitrogen and oxygen atoms in total.